The lowest BCUT2D eigenvalue weighted by Gasteiger charge is -2.09. The molecule has 1 aliphatic carbocycles. The first-order valence-electron chi connectivity index (χ1n) is 6.33. The van der Waals surface area contributed by atoms with Crippen LogP contribution in [-0.2, 0) is 11.2 Å². The highest BCUT2D eigenvalue weighted by Gasteiger charge is 2.24. The lowest BCUT2D eigenvalue weighted by atomic mass is 10.0. The molecule has 0 saturated heterocycles. The standard InChI is InChI=1S/C15H16N2O3/c1-9-4-10(17-8-11(19-2)7-16-17)5-13-12(9)6-14(20-3)15(13)18/h4-5,7-8,18H,6H2,1-3H3. The summed E-state index contributed by atoms with van der Waals surface area (Å²) in [6, 6.07) is 3.95. The Kier molecular flexibility index (Phi) is 2.89. The highest BCUT2D eigenvalue weighted by atomic mass is 16.5. The minimum atomic E-state index is 0.214. The number of aliphatic hydroxyl groups excluding tert-OH is 1. The smallest absolute Gasteiger partial charge is 0.161 e. The second-order valence-electron chi connectivity index (χ2n) is 4.77. The zero-order valence-corrected chi connectivity index (χ0v) is 11.7. The van der Waals surface area contributed by atoms with Crippen molar-refractivity contribution in [3.8, 4) is 11.4 Å². The summed E-state index contributed by atoms with van der Waals surface area (Å²) >= 11 is 0. The van der Waals surface area contributed by atoms with Gasteiger partial charge in [-0.2, -0.15) is 5.10 Å². The van der Waals surface area contributed by atoms with Crippen molar-refractivity contribution in [1.29, 1.82) is 0 Å². The molecule has 1 N–H and O–H groups in total. The zero-order chi connectivity index (χ0) is 14.3. The number of benzene rings is 1. The van der Waals surface area contributed by atoms with E-state index in [1.54, 1.807) is 31.3 Å². The third-order valence-electron chi connectivity index (χ3n) is 3.62. The molecular formula is C15H16N2O3. The van der Waals surface area contributed by atoms with Crippen LogP contribution in [0.25, 0.3) is 11.4 Å². The van der Waals surface area contributed by atoms with E-state index in [1.165, 1.54) is 0 Å². The van der Waals surface area contributed by atoms with E-state index in [-0.39, 0.29) is 5.76 Å². The summed E-state index contributed by atoms with van der Waals surface area (Å²) in [4.78, 5) is 0. The molecule has 2 aromatic rings. The van der Waals surface area contributed by atoms with Gasteiger partial charge < -0.3 is 14.6 Å². The number of hydrogen-bond donors (Lipinski definition) is 1. The van der Waals surface area contributed by atoms with E-state index in [0.29, 0.717) is 17.9 Å². The summed E-state index contributed by atoms with van der Waals surface area (Å²) in [5.74, 6) is 1.52. The molecule has 104 valence electrons. The van der Waals surface area contributed by atoms with Crippen molar-refractivity contribution in [2.75, 3.05) is 14.2 Å². The first-order valence-corrected chi connectivity index (χ1v) is 6.33. The van der Waals surface area contributed by atoms with Crippen molar-refractivity contribution in [3.63, 3.8) is 0 Å². The molecule has 1 heterocycles. The molecule has 1 aromatic carbocycles. The number of methoxy groups -OCH3 is 2. The van der Waals surface area contributed by atoms with Gasteiger partial charge in [0, 0.05) is 12.0 Å². The number of hydrogen-bond acceptors (Lipinski definition) is 4. The summed E-state index contributed by atoms with van der Waals surface area (Å²) in [6.45, 7) is 2.02. The Labute approximate surface area is 117 Å². The quantitative estimate of drug-likeness (QED) is 0.933. The Morgan fingerprint density at radius 2 is 2.05 bits per heavy atom. The Morgan fingerprint density at radius 3 is 2.70 bits per heavy atom. The van der Waals surface area contributed by atoms with E-state index >= 15 is 0 Å². The number of fused-ring (bicyclic) bond motifs is 1. The first-order chi connectivity index (χ1) is 9.63. The number of nitrogens with zero attached hydrogens (tertiary/aromatic N) is 2. The summed E-state index contributed by atoms with van der Waals surface area (Å²) in [7, 11) is 3.18. The maximum atomic E-state index is 10.2. The van der Waals surface area contributed by atoms with E-state index in [1.807, 2.05) is 19.1 Å². The van der Waals surface area contributed by atoms with Gasteiger partial charge in [0.25, 0.3) is 0 Å². The van der Waals surface area contributed by atoms with E-state index in [0.717, 1.165) is 22.4 Å². The Balaban J connectivity index is 2.10. The van der Waals surface area contributed by atoms with Crippen molar-refractivity contribution in [2.24, 2.45) is 0 Å². The van der Waals surface area contributed by atoms with Gasteiger partial charge >= 0.3 is 0 Å². The molecular weight excluding hydrogens is 256 g/mol. The van der Waals surface area contributed by atoms with Gasteiger partial charge in [-0.15, -0.1) is 0 Å². The second kappa shape index (κ2) is 4.59. The van der Waals surface area contributed by atoms with Crippen LogP contribution in [0.5, 0.6) is 5.75 Å². The van der Waals surface area contributed by atoms with Gasteiger partial charge in [0.15, 0.2) is 11.5 Å². The summed E-state index contributed by atoms with van der Waals surface area (Å²) in [6.07, 6.45) is 4.08. The average molecular weight is 272 g/mol. The molecule has 1 aliphatic rings. The van der Waals surface area contributed by atoms with Crippen LogP contribution in [-0.4, -0.2) is 29.1 Å². The molecule has 0 unspecified atom stereocenters. The van der Waals surface area contributed by atoms with Crippen LogP contribution in [0.2, 0.25) is 0 Å². The van der Waals surface area contributed by atoms with E-state index in [9.17, 15) is 5.11 Å². The van der Waals surface area contributed by atoms with Gasteiger partial charge in [-0.3, -0.25) is 0 Å². The molecule has 1 aromatic heterocycles. The minimum Gasteiger partial charge on any atom is -0.504 e. The number of allylic oxidation sites excluding steroid dienone is 1. The van der Waals surface area contributed by atoms with Gasteiger partial charge in [0.1, 0.15) is 5.76 Å². The van der Waals surface area contributed by atoms with Gasteiger partial charge in [0.2, 0.25) is 0 Å². The molecule has 0 amide bonds. The van der Waals surface area contributed by atoms with Crippen molar-refractivity contribution in [2.45, 2.75) is 13.3 Å². The summed E-state index contributed by atoms with van der Waals surface area (Å²) in [5.41, 5.74) is 3.90. The van der Waals surface area contributed by atoms with Crippen molar-refractivity contribution < 1.29 is 14.6 Å². The van der Waals surface area contributed by atoms with E-state index < -0.39 is 0 Å². The summed E-state index contributed by atoms with van der Waals surface area (Å²) in [5, 5.41) is 14.4. The zero-order valence-electron chi connectivity index (χ0n) is 11.7. The molecule has 0 atom stereocenters. The molecule has 0 saturated carbocycles. The first kappa shape index (κ1) is 12.6. The van der Waals surface area contributed by atoms with Crippen LogP contribution in [0.15, 0.2) is 30.3 Å². The molecule has 5 nitrogen and oxygen atoms in total. The van der Waals surface area contributed by atoms with Crippen molar-refractivity contribution >= 4 is 5.76 Å². The molecule has 3 rings (SSSR count). The van der Waals surface area contributed by atoms with Crippen LogP contribution in [0.3, 0.4) is 0 Å². The number of aromatic nitrogens is 2. The second-order valence-corrected chi connectivity index (χ2v) is 4.77. The van der Waals surface area contributed by atoms with Crippen LogP contribution in [0, 0.1) is 6.92 Å². The predicted molar refractivity (Wildman–Crippen MR) is 75.1 cm³/mol. The number of aryl methyl sites for hydroxylation is 1. The van der Waals surface area contributed by atoms with Crippen LogP contribution < -0.4 is 4.74 Å². The Bertz CT molecular complexity index is 701. The Hall–Kier alpha value is -2.43. The predicted octanol–water partition coefficient (Wildman–Crippen LogP) is 2.62. The fraction of sp³-hybridized carbons (Fsp3) is 0.267. The third-order valence-corrected chi connectivity index (χ3v) is 3.62. The fourth-order valence-corrected chi connectivity index (χ4v) is 2.49. The maximum absolute atomic E-state index is 10.2. The minimum absolute atomic E-state index is 0.214. The molecule has 0 spiro atoms. The van der Waals surface area contributed by atoms with Crippen molar-refractivity contribution in [3.05, 3.63) is 47.0 Å². The third kappa shape index (κ3) is 1.82. The number of ether oxygens (including phenoxy) is 2. The highest BCUT2D eigenvalue weighted by molar-refractivity contribution is 5.72. The average Bonchev–Trinajstić information content (AvgIpc) is 3.04. The lowest BCUT2D eigenvalue weighted by molar-refractivity contribution is 0.276. The molecule has 5 heteroatoms. The maximum Gasteiger partial charge on any atom is 0.161 e. The van der Waals surface area contributed by atoms with E-state index in [2.05, 4.69) is 5.10 Å². The Morgan fingerprint density at radius 1 is 1.25 bits per heavy atom. The van der Waals surface area contributed by atoms with Gasteiger partial charge in [0.05, 0.1) is 32.3 Å². The van der Waals surface area contributed by atoms with Crippen molar-refractivity contribution in [1.82, 2.24) is 9.78 Å². The molecule has 0 radical (unpaired) electrons. The molecule has 20 heavy (non-hydrogen) atoms. The highest BCUT2D eigenvalue weighted by Crippen LogP contribution is 2.35. The topological polar surface area (TPSA) is 56.5 Å². The number of rotatable bonds is 3. The van der Waals surface area contributed by atoms with Crippen LogP contribution >= 0.6 is 0 Å². The van der Waals surface area contributed by atoms with Gasteiger partial charge in [-0.1, -0.05) is 0 Å². The van der Waals surface area contributed by atoms with Gasteiger partial charge in [-0.05, 0) is 30.2 Å². The largest absolute Gasteiger partial charge is 0.504 e. The lowest BCUT2D eigenvalue weighted by Crippen LogP contribution is -1.99. The molecule has 0 fully saturated rings. The monoisotopic (exact) mass is 272 g/mol. The molecule has 0 aliphatic heterocycles. The van der Waals surface area contributed by atoms with Crippen LogP contribution in [0.4, 0.5) is 0 Å². The fourth-order valence-electron chi connectivity index (χ4n) is 2.49. The summed E-state index contributed by atoms with van der Waals surface area (Å²) < 4.78 is 12.1. The normalized spacial score (nSPS) is 13.6. The SMILES string of the molecule is COC1=C(O)c2cc(-n3cc(OC)cn3)cc(C)c2C1. The van der Waals surface area contributed by atoms with Gasteiger partial charge in [-0.25, -0.2) is 4.68 Å². The molecule has 0 bridgehead atoms. The number of aliphatic hydroxyl groups is 1. The van der Waals surface area contributed by atoms with E-state index in [4.69, 9.17) is 9.47 Å². The van der Waals surface area contributed by atoms with Crippen LogP contribution in [0.1, 0.15) is 16.7 Å².